The van der Waals surface area contributed by atoms with Crippen LogP contribution in [-0.4, -0.2) is 6.54 Å². The molecule has 1 nitrogen and oxygen atoms in total. The third kappa shape index (κ3) is 4.11. The largest absolute Gasteiger partial charge is 0.310 e. The average Bonchev–Trinajstić information content (AvgIpc) is 2.24. The van der Waals surface area contributed by atoms with E-state index in [0.29, 0.717) is 6.04 Å². The van der Waals surface area contributed by atoms with Gasteiger partial charge in [-0.25, -0.2) is 0 Å². The van der Waals surface area contributed by atoms with Crippen LogP contribution in [0.4, 0.5) is 0 Å². The van der Waals surface area contributed by atoms with Crippen molar-refractivity contribution < 1.29 is 0 Å². The minimum atomic E-state index is 0.369. The molecule has 1 aromatic carbocycles. The molecule has 0 saturated heterocycles. The van der Waals surface area contributed by atoms with Gasteiger partial charge < -0.3 is 5.32 Å². The van der Waals surface area contributed by atoms with Crippen molar-refractivity contribution >= 4 is 15.9 Å². The molecule has 1 unspecified atom stereocenters. The molecule has 0 spiro atoms. The number of hydrogen-bond acceptors (Lipinski definition) is 1. The molecule has 0 aliphatic rings. The van der Waals surface area contributed by atoms with E-state index < -0.39 is 0 Å². The van der Waals surface area contributed by atoms with Crippen molar-refractivity contribution in [1.82, 2.24) is 5.32 Å². The third-order valence-electron chi connectivity index (χ3n) is 2.47. The Morgan fingerprint density at radius 2 is 2.12 bits per heavy atom. The van der Waals surface area contributed by atoms with E-state index in [1.54, 1.807) is 0 Å². The first kappa shape index (κ1) is 13.5. The van der Waals surface area contributed by atoms with Crippen molar-refractivity contribution in [3.8, 4) is 0 Å². The first-order valence-corrected chi connectivity index (χ1v) is 6.56. The highest BCUT2D eigenvalue weighted by Gasteiger charge is 2.12. The molecule has 0 fully saturated rings. The van der Waals surface area contributed by atoms with Gasteiger partial charge in [0.1, 0.15) is 0 Å². The highest BCUT2D eigenvalue weighted by Crippen LogP contribution is 2.27. The minimum Gasteiger partial charge on any atom is -0.310 e. The van der Waals surface area contributed by atoms with Crippen molar-refractivity contribution in [2.45, 2.75) is 32.7 Å². The Labute approximate surface area is 107 Å². The van der Waals surface area contributed by atoms with Crippen molar-refractivity contribution in [2.24, 2.45) is 0 Å². The summed E-state index contributed by atoms with van der Waals surface area (Å²) in [6, 6.07) is 8.76. The SMILES string of the molecule is C=C(C)CC(NCCC)c1ccccc1Br. The van der Waals surface area contributed by atoms with Gasteiger partial charge >= 0.3 is 0 Å². The maximum atomic E-state index is 4.00. The van der Waals surface area contributed by atoms with E-state index in [1.807, 2.05) is 6.07 Å². The van der Waals surface area contributed by atoms with E-state index in [1.165, 1.54) is 15.6 Å². The molecule has 0 amide bonds. The molecular weight excluding hydrogens is 262 g/mol. The molecule has 0 bridgehead atoms. The predicted molar refractivity (Wildman–Crippen MR) is 74.6 cm³/mol. The molecule has 0 aromatic heterocycles. The van der Waals surface area contributed by atoms with Crippen LogP contribution in [-0.2, 0) is 0 Å². The van der Waals surface area contributed by atoms with Crippen molar-refractivity contribution in [3.05, 3.63) is 46.5 Å². The van der Waals surface area contributed by atoms with E-state index in [0.717, 1.165) is 19.4 Å². The van der Waals surface area contributed by atoms with Crippen LogP contribution in [0.2, 0.25) is 0 Å². The number of nitrogens with one attached hydrogen (secondary N) is 1. The first-order valence-electron chi connectivity index (χ1n) is 5.77. The minimum absolute atomic E-state index is 0.369. The first-order chi connectivity index (χ1) is 7.65. The van der Waals surface area contributed by atoms with Gasteiger partial charge in [0.15, 0.2) is 0 Å². The topological polar surface area (TPSA) is 12.0 Å². The van der Waals surface area contributed by atoms with E-state index in [-0.39, 0.29) is 0 Å². The summed E-state index contributed by atoms with van der Waals surface area (Å²) in [5.41, 5.74) is 2.53. The summed E-state index contributed by atoms with van der Waals surface area (Å²) in [4.78, 5) is 0. The highest BCUT2D eigenvalue weighted by molar-refractivity contribution is 9.10. The molecule has 1 rings (SSSR count). The van der Waals surface area contributed by atoms with Gasteiger partial charge in [-0.3, -0.25) is 0 Å². The maximum absolute atomic E-state index is 4.00. The highest BCUT2D eigenvalue weighted by atomic mass is 79.9. The summed E-state index contributed by atoms with van der Waals surface area (Å²) in [7, 11) is 0. The zero-order chi connectivity index (χ0) is 12.0. The molecule has 0 aliphatic carbocycles. The van der Waals surface area contributed by atoms with Gasteiger partial charge in [0.05, 0.1) is 0 Å². The lowest BCUT2D eigenvalue weighted by Gasteiger charge is -2.20. The molecular formula is C14H20BrN. The second-order valence-corrected chi connectivity index (χ2v) is 5.04. The van der Waals surface area contributed by atoms with Crippen LogP contribution in [0.25, 0.3) is 0 Å². The summed E-state index contributed by atoms with van der Waals surface area (Å²) in [5.74, 6) is 0. The molecule has 0 saturated carbocycles. The van der Waals surface area contributed by atoms with Crippen LogP contribution < -0.4 is 5.32 Å². The van der Waals surface area contributed by atoms with Crippen LogP contribution >= 0.6 is 15.9 Å². The third-order valence-corrected chi connectivity index (χ3v) is 3.20. The zero-order valence-electron chi connectivity index (χ0n) is 10.1. The molecule has 1 aromatic rings. The average molecular weight is 282 g/mol. The van der Waals surface area contributed by atoms with Gasteiger partial charge in [0.25, 0.3) is 0 Å². The Hall–Kier alpha value is -0.600. The van der Waals surface area contributed by atoms with Crippen LogP contribution in [0, 0.1) is 0 Å². The maximum Gasteiger partial charge on any atom is 0.0368 e. The summed E-state index contributed by atoms with van der Waals surface area (Å²) in [6.07, 6.45) is 2.14. The molecule has 2 heteroatoms. The second-order valence-electron chi connectivity index (χ2n) is 4.19. The van der Waals surface area contributed by atoms with Crippen molar-refractivity contribution in [1.29, 1.82) is 0 Å². The lowest BCUT2D eigenvalue weighted by molar-refractivity contribution is 0.526. The fraction of sp³-hybridized carbons (Fsp3) is 0.429. The van der Waals surface area contributed by atoms with Gasteiger partial charge in [0.2, 0.25) is 0 Å². The van der Waals surface area contributed by atoms with Gasteiger partial charge in [0, 0.05) is 10.5 Å². The Kier molecular flexibility index (Phi) is 5.78. The Balaban J connectivity index is 2.82. The van der Waals surface area contributed by atoms with Crippen LogP contribution in [0.1, 0.15) is 38.3 Å². The van der Waals surface area contributed by atoms with Crippen LogP contribution in [0.5, 0.6) is 0 Å². The monoisotopic (exact) mass is 281 g/mol. The molecule has 88 valence electrons. The number of benzene rings is 1. The fourth-order valence-corrected chi connectivity index (χ4v) is 2.28. The van der Waals surface area contributed by atoms with Crippen molar-refractivity contribution in [3.63, 3.8) is 0 Å². The fourth-order valence-electron chi connectivity index (χ4n) is 1.72. The zero-order valence-corrected chi connectivity index (χ0v) is 11.7. The van der Waals surface area contributed by atoms with E-state index in [4.69, 9.17) is 0 Å². The normalized spacial score (nSPS) is 12.4. The number of rotatable bonds is 6. The molecule has 16 heavy (non-hydrogen) atoms. The van der Waals surface area contributed by atoms with Gasteiger partial charge in [-0.1, -0.05) is 46.6 Å². The number of halogens is 1. The molecule has 0 heterocycles. The Morgan fingerprint density at radius 3 is 2.69 bits per heavy atom. The molecule has 1 N–H and O–H groups in total. The smallest absolute Gasteiger partial charge is 0.0368 e. The van der Waals surface area contributed by atoms with Gasteiger partial charge in [-0.2, -0.15) is 0 Å². The van der Waals surface area contributed by atoms with E-state index >= 15 is 0 Å². The van der Waals surface area contributed by atoms with Crippen LogP contribution in [0.3, 0.4) is 0 Å². The Bertz CT molecular complexity index is 346. The van der Waals surface area contributed by atoms with Crippen molar-refractivity contribution in [2.75, 3.05) is 6.54 Å². The lowest BCUT2D eigenvalue weighted by atomic mass is 10.0. The summed E-state index contributed by atoms with van der Waals surface area (Å²) in [6.45, 7) is 9.31. The second kappa shape index (κ2) is 6.87. The van der Waals surface area contributed by atoms with Crippen LogP contribution in [0.15, 0.2) is 40.9 Å². The summed E-state index contributed by atoms with van der Waals surface area (Å²) >= 11 is 3.61. The molecule has 1 atom stereocenters. The number of hydrogen-bond donors (Lipinski definition) is 1. The molecule has 0 radical (unpaired) electrons. The quantitative estimate of drug-likeness (QED) is 0.760. The Morgan fingerprint density at radius 1 is 1.44 bits per heavy atom. The summed E-state index contributed by atoms with van der Waals surface area (Å²) in [5, 5.41) is 3.57. The van der Waals surface area contributed by atoms with Gasteiger partial charge in [-0.15, -0.1) is 6.58 Å². The molecule has 0 aliphatic heterocycles. The lowest BCUT2D eigenvalue weighted by Crippen LogP contribution is -2.22. The van der Waals surface area contributed by atoms with E-state index in [9.17, 15) is 0 Å². The van der Waals surface area contributed by atoms with E-state index in [2.05, 4.69) is 59.9 Å². The standard InChI is InChI=1S/C14H20BrN/c1-4-9-16-14(10-11(2)3)12-7-5-6-8-13(12)15/h5-8,14,16H,2,4,9-10H2,1,3H3. The summed E-state index contributed by atoms with van der Waals surface area (Å²) < 4.78 is 1.17. The van der Waals surface area contributed by atoms with Gasteiger partial charge in [-0.05, 0) is 37.9 Å². The predicted octanol–water partition coefficient (Wildman–Crippen LogP) is 4.46.